The summed E-state index contributed by atoms with van der Waals surface area (Å²) < 4.78 is 46.8. The van der Waals surface area contributed by atoms with E-state index in [0.717, 1.165) is 45.1 Å². The summed E-state index contributed by atoms with van der Waals surface area (Å²) in [5, 5.41) is 11.5. The number of aromatic nitrogens is 2. The molecule has 2 aromatic rings. The molecule has 3 aliphatic rings. The summed E-state index contributed by atoms with van der Waals surface area (Å²) in [5.41, 5.74) is -0.126. The zero-order chi connectivity index (χ0) is 21.4. The van der Waals surface area contributed by atoms with Gasteiger partial charge in [0.05, 0.1) is 11.8 Å². The third kappa shape index (κ3) is 4.55. The third-order valence-corrected chi connectivity index (χ3v) is 6.85. The number of nitrogens with zero attached hydrogens (tertiary/aromatic N) is 3. The van der Waals surface area contributed by atoms with Crippen LogP contribution in [0.4, 0.5) is 19.0 Å². The number of likely N-dealkylation sites (tertiary alicyclic amines) is 1. The second-order valence-electron chi connectivity index (χ2n) is 9.09. The topological polar surface area (TPSA) is 50.3 Å². The average molecular weight is 432 g/mol. The van der Waals surface area contributed by atoms with Crippen LogP contribution in [0.5, 0.6) is 0 Å². The lowest BCUT2D eigenvalue weighted by Crippen LogP contribution is -2.35. The molecule has 31 heavy (non-hydrogen) atoms. The summed E-state index contributed by atoms with van der Waals surface area (Å²) in [6, 6.07) is 4.99. The maximum absolute atomic E-state index is 14.0. The molecule has 2 aliphatic heterocycles. The molecule has 1 aliphatic carbocycles. The number of fused-ring (bicyclic) bond motifs is 1. The van der Waals surface area contributed by atoms with E-state index in [1.165, 1.54) is 25.3 Å². The number of nitrogens with one attached hydrogen (secondary N) is 1. The first-order valence-corrected chi connectivity index (χ1v) is 11.1. The second kappa shape index (κ2) is 8.74. The Bertz CT molecular complexity index is 906. The standard InChI is InChI=1S/C23H27F3N4O/c24-16-9-19(23(26)20(25)10-16)21-4-5-22(29-28-21)27-17-7-14-11-30(12-15(14)8-17)13-18-3-1-2-6-31-18/h4-5,9-10,14-15,17-18H,1-3,6-8,11-13H2,(H,27,29)/t14-,15+,17?,18-/m1/s1. The van der Waals surface area contributed by atoms with Gasteiger partial charge in [-0.05, 0) is 62.1 Å². The fraction of sp³-hybridized carbons (Fsp3) is 0.565. The van der Waals surface area contributed by atoms with Crippen molar-refractivity contribution < 1.29 is 17.9 Å². The molecule has 2 saturated heterocycles. The fourth-order valence-corrected chi connectivity index (χ4v) is 5.41. The van der Waals surface area contributed by atoms with Gasteiger partial charge in [-0.2, -0.15) is 0 Å². The lowest BCUT2D eigenvalue weighted by molar-refractivity contribution is -0.00303. The molecule has 5 nitrogen and oxygen atoms in total. The molecule has 3 heterocycles. The quantitative estimate of drug-likeness (QED) is 0.716. The average Bonchev–Trinajstić information content (AvgIpc) is 3.30. The molecule has 1 aromatic carbocycles. The van der Waals surface area contributed by atoms with Crippen molar-refractivity contribution in [2.45, 2.75) is 44.2 Å². The first kappa shape index (κ1) is 20.7. The Hall–Kier alpha value is -2.19. The van der Waals surface area contributed by atoms with Gasteiger partial charge in [0.25, 0.3) is 0 Å². The van der Waals surface area contributed by atoms with Gasteiger partial charge in [-0.15, -0.1) is 10.2 Å². The maximum atomic E-state index is 14.0. The Morgan fingerprint density at radius 2 is 1.84 bits per heavy atom. The summed E-state index contributed by atoms with van der Waals surface area (Å²) >= 11 is 0. The molecule has 3 fully saturated rings. The van der Waals surface area contributed by atoms with Crippen molar-refractivity contribution in [1.29, 1.82) is 0 Å². The normalized spacial score (nSPS) is 28.6. The lowest BCUT2D eigenvalue weighted by atomic mass is 10.0. The molecule has 166 valence electrons. The molecule has 1 saturated carbocycles. The first-order valence-electron chi connectivity index (χ1n) is 11.1. The van der Waals surface area contributed by atoms with Crippen LogP contribution in [0.15, 0.2) is 24.3 Å². The van der Waals surface area contributed by atoms with Crippen molar-refractivity contribution >= 4 is 5.82 Å². The number of benzene rings is 1. The fourth-order valence-electron chi connectivity index (χ4n) is 5.41. The van der Waals surface area contributed by atoms with Gasteiger partial charge >= 0.3 is 0 Å². The highest BCUT2D eigenvalue weighted by Crippen LogP contribution is 2.39. The Morgan fingerprint density at radius 3 is 2.52 bits per heavy atom. The summed E-state index contributed by atoms with van der Waals surface area (Å²) in [4.78, 5) is 2.56. The van der Waals surface area contributed by atoms with Crippen LogP contribution in [0.2, 0.25) is 0 Å². The molecule has 8 heteroatoms. The predicted molar refractivity (Wildman–Crippen MR) is 111 cm³/mol. The molecule has 1 N–H and O–H groups in total. The summed E-state index contributed by atoms with van der Waals surface area (Å²) in [6.07, 6.45) is 6.20. The van der Waals surface area contributed by atoms with Gasteiger partial charge in [-0.1, -0.05) is 0 Å². The Morgan fingerprint density at radius 1 is 1.03 bits per heavy atom. The number of hydrogen-bond donors (Lipinski definition) is 1. The van der Waals surface area contributed by atoms with Crippen LogP contribution in [0.1, 0.15) is 32.1 Å². The second-order valence-corrected chi connectivity index (χ2v) is 9.09. The van der Waals surface area contributed by atoms with Gasteiger partial charge in [0.2, 0.25) is 0 Å². The number of ether oxygens (including phenoxy) is 1. The Balaban J connectivity index is 1.16. The van der Waals surface area contributed by atoms with Crippen LogP contribution < -0.4 is 5.32 Å². The molecule has 1 unspecified atom stereocenters. The number of anilines is 1. The number of hydrogen-bond acceptors (Lipinski definition) is 5. The van der Waals surface area contributed by atoms with Crippen LogP contribution in [0.3, 0.4) is 0 Å². The summed E-state index contributed by atoms with van der Waals surface area (Å²) in [6.45, 7) is 4.20. The van der Waals surface area contributed by atoms with E-state index in [2.05, 4.69) is 20.4 Å². The van der Waals surface area contributed by atoms with E-state index in [4.69, 9.17) is 4.74 Å². The van der Waals surface area contributed by atoms with E-state index in [0.29, 0.717) is 35.9 Å². The van der Waals surface area contributed by atoms with Crippen molar-refractivity contribution in [3.8, 4) is 11.3 Å². The molecule has 0 spiro atoms. The van der Waals surface area contributed by atoms with Crippen molar-refractivity contribution in [2.24, 2.45) is 11.8 Å². The van der Waals surface area contributed by atoms with Gasteiger partial charge in [-0.25, -0.2) is 13.2 Å². The van der Waals surface area contributed by atoms with Crippen LogP contribution >= 0.6 is 0 Å². The van der Waals surface area contributed by atoms with Gasteiger partial charge in [0.1, 0.15) is 11.6 Å². The van der Waals surface area contributed by atoms with E-state index in [9.17, 15) is 13.2 Å². The summed E-state index contributed by atoms with van der Waals surface area (Å²) in [5.74, 6) is -1.25. The Kier molecular flexibility index (Phi) is 5.84. The van der Waals surface area contributed by atoms with Crippen molar-refractivity contribution in [3.05, 3.63) is 41.7 Å². The minimum atomic E-state index is -1.24. The van der Waals surface area contributed by atoms with E-state index in [-0.39, 0.29) is 11.3 Å². The maximum Gasteiger partial charge on any atom is 0.168 e. The molecular weight excluding hydrogens is 405 g/mol. The van der Waals surface area contributed by atoms with Crippen LogP contribution in [0, 0.1) is 29.3 Å². The van der Waals surface area contributed by atoms with Gasteiger partial charge in [0, 0.05) is 43.9 Å². The molecule has 4 atom stereocenters. The molecule has 5 rings (SSSR count). The van der Waals surface area contributed by atoms with Gasteiger partial charge in [-0.3, -0.25) is 0 Å². The number of halogens is 3. The number of rotatable bonds is 5. The lowest BCUT2D eigenvalue weighted by Gasteiger charge is -2.28. The largest absolute Gasteiger partial charge is 0.377 e. The summed E-state index contributed by atoms with van der Waals surface area (Å²) in [7, 11) is 0. The van der Waals surface area contributed by atoms with Crippen molar-refractivity contribution in [1.82, 2.24) is 15.1 Å². The van der Waals surface area contributed by atoms with Crippen LogP contribution in [-0.4, -0.2) is 53.5 Å². The highest BCUT2D eigenvalue weighted by molar-refractivity contribution is 5.60. The Labute approximate surface area is 180 Å². The van der Waals surface area contributed by atoms with E-state index in [1.54, 1.807) is 6.07 Å². The first-order chi connectivity index (χ1) is 15.0. The highest BCUT2D eigenvalue weighted by Gasteiger charge is 2.41. The van der Waals surface area contributed by atoms with Crippen LogP contribution in [-0.2, 0) is 4.74 Å². The monoisotopic (exact) mass is 432 g/mol. The molecule has 0 radical (unpaired) electrons. The molecule has 0 amide bonds. The van der Waals surface area contributed by atoms with Gasteiger partial charge < -0.3 is 15.0 Å². The molecular formula is C23H27F3N4O. The zero-order valence-electron chi connectivity index (χ0n) is 17.4. The smallest absolute Gasteiger partial charge is 0.168 e. The van der Waals surface area contributed by atoms with Crippen molar-refractivity contribution in [3.63, 3.8) is 0 Å². The van der Waals surface area contributed by atoms with E-state index >= 15 is 0 Å². The zero-order valence-corrected chi connectivity index (χ0v) is 17.4. The predicted octanol–water partition coefficient (Wildman–Crippen LogP) is 4.25. The van der Waals surface area contributed by atoms with Crippen LogP contribution in [0.25, 0.3) is 11.3 Å². The minimum Gasteiger partial charge on any atom is -0.377 e. The molecule has 0 bridgehead atoms. The van der Waals surface area contributed by atoms with Crippen molar-refractivity contribution in [2.75, 3.05) is 31.6 Å². The van der Waals surface area contributed by atoms with Gasteiger partial charge in [0.15, 0.2) is 11.6 Å². The SMILES string of the molecule is Fc1cc(F)c(F)c(-c2ccc(NC3C[C@@H]4CN(C[C@H]5CCCCO5)C[C@@H]4C3)nn2)c1. The van der Waals surface area contributed by atoms with E-state index < -0.39 is 17.5 Å². The third-order valence-electron chi connectivity index (χ3n) is 6.85. The highest BCUT2D eigenvalue weighted by atomic mass is 19.2. The molecule has 1 aromatic heterocycles. The van der Waals surface area contributed by atoms with E-state index in [1.807, 2.05) is 0 Å². The minimum absolute atomic E-state index is 0.102.